The summed E-state index contributed by atoms with van der Waals surface area (Å²) in [4.78, 5) is 13.7. The van der Waals surface area contributed by atoms with Crippen LogP contribution >= 0.6 is 23.1 Å². The molecule has 2 aromatic heterocycles. The van der Waals surface area contributed by atoms with E-state index in [0.717, 1.165) is 47.9 Å². The first kappa shape index (κ1) is 19.7. The molecule has 0 saturated heterocycles. The lowest BCUT2D eigenvalue weighted by Gasteiger charge is -2.09. The van der Waals surface area contributed by atoms with Gasteiger partial charge in [0.2, 0.25) is 5.91 Å². The molecule has 3 aromatic rings. The molecule has 0 bridgehead atoms. The summed E-state index contributed by atoms with van der Waals surface area (Å²) in [6, 6.07) is 12.2. The van der Waals surface area contributed by atoms with Crippen molar-refractivity contribution in [2.45, 2.75) is 44.2 Å². The Morgan fingerprint density at radius 1 is 1.28 bits per heavy atom. The Bertz CT molecular complexity index is 1060. The second kappa shape index (κ2) is 8.80. The second-order valence-corrected chi connectivity index (χ2v) is 9.04. The van der Waals surface area contributed by atoms with Gasteiger partial charge in [-0.3, -0.25) is 9.36 Å². The Labute approximate surface area is 178 Å². The van der Waals surface area contributed by atoms with Crippen LogP contribution < -0.4 is 5.32 Å². The van der Waals surface area contributed by atoms with E-state index in [1.165, 1.54) is 16.6 Å². The molecule has 0 unspecified atom stereocenters. The predicted molar refractivity (Wildman–Crippen MR) is 116 cm³/mol. The van der Waals surface area contributed by atoms with E-state index in [0.29, 0.717) is 22.7 Å². The Kier molecular flexibility index (Phi) is 5.97. The van der Waals surface area contributed by atoms with E-state index in [2.05, 4.69) is 21.6 Å². The summed E-state index contributed by atoms with van der Waals surface area (Å²) >= 11 is 3.07. The molecule has 6 nitrogen and oxygen atoms in total. The number of amides is 1. The summed E-state index contributed by atoms with van der Waals surface area (Å²) < 4.78 is 1.99. The van der Waals surface area contributed by atoms with Gasteiger partial charge in [-0.1, -0.05) is 30.0 Å². The van der Waals surface area contributed by atoms with Gasteiger partial charge in [-0.05, 0) is 50.3 Å². The van der Waals surface area contributed by atoms with Gasteiger partial charge in [-0.15, -0.1) is 21.5 Å². The molecule has 2 heterocycles. The Balaban J connectivity index is 1.39. The molecule has 4 rings (SSSR count). The van der Waals surface area contributed by atoms with Crippen molar-refractivity contribution in [2.75, 3.05) is 11.1 Å². The van der Waals surface area contributed by atoms with E-state index in [1.54, 1.807) is 11.3 Å². The highest BCUT2D eigenvalue weighted by atomic mass is 32.2. The molecule has 0 aliphatic heterocycles. The van der Waals surface area contributed by atoms with Gasteiger partial charge in [0, 0.05) is 22.7 Å². The summed E-state index contributed by atoms with van der Waals surface area (Å²) in [5.41, 5.74) is 2.80. The van der Waals surface area contributed by atoms with E-state index in [4.69, 9.17) is 0 Å². The lowest BCUT2D eigenvalue weighted by Crippen LogP contribution is -2.12. The van der Waals surface area contributed by atoms with Crippen LogP contribution in [-0.2, 0) is 17.6 Å². The number of benzene rings is 1. The van der Waals surface area contributed by atoms with Crippen molar-refractivity contribution in [3.05, 3.63) is 52.2 Å². The van der Waals surface area contributed by atoms with Gasteiger partial charge >= 0.3 is 0 Å². The first-order chi connectivity index (χ1) is 14.2. The number of para-hydroxylation sites is 1. The van der Waals surface area contributed by atoms with E-state index in [9.17, 15) is 10.1 Å². The van der Waals surface area contributed by atoms with Crippen LogP contribution in [0.4, 0.5) is 5.00 Å². The Morgan fingerprint density at radius 2 is 2.07 bits per heavy atom. The van der Waals surface area contributed by atoms with Crippen LogP contribution in [0.15, 0.2) is 35.5 Å². The maximum Gasteiger partial charge on any atom is 0.225 e. The minimum absolute atomic E-state index is 0.0740. The second-order valence-electron chi connectivity index (χ2n) is 6.87. The van der Waals surface area contributed by atoms with Gasteiger partial charge < -0.3 is 5.32 Å². The number of nitrogens with one attached hydrogen (secondary N) is 1. The maximum absolute atomic E-state index is 12.5. The lowest BCUT2D eigenvalue weighted by atomic mass is 9.96. The monoisotopic (exact) mass is 423 g/mol. The van der Waals surface area contributed by atoms with Gasteiger partial charge in [0.15, 0.2) is 5.16 Å². The molecule has 0 saturated carbocycles. The minimum Gasteiger partial charge on any atom is -0.317 e. The average molecular weight is 424 g/mol. The number of aromatic nitrogens is 3. The first-order valence-electron chi connectivity index (χ1n) is 9.62. The molecule has 0 radical (unpaired) electrons. The zero-order valence-corrected chi connectivity index (χ0v) is 17.8. The van der Waals surface area contributed by atoms with Crippen molar-refractivity contribution >= 4 is 34.0 Å². The van der Waals surface area contributed by atoms with Crippen LogP contribution in [-0.4, -0.2) is 26.4 Å². The molecule has 1 aromatic carbocycles. The molecule has 1 amide bonds. The highest BCUT2D eigenvalue weighted by Crippen LogP contribution is 2.37. The number of anilines is 1. The van der Waals surface area contributed by atoms with Gasteiger partial charge in [-0.25, -0.2) is 0 Å². The summed E-state index contributed by atoms with van der Waals surface area (Å²) in [6.07, 6.45) is 4.57. The molecule has 0 fully saturated rings. The number of carbonyl (C=O) groups is 1. The Hall–Kier alpha value is -2.63. The standard InChI is InChI=1S/C21H21N5OS2/c1-14-24-25-21(26(14)15-7-3-2-4-8-15)28-12-11-19(27)23-20-17(13-22)16-9-5-6-10-18(16)29-20/h2-4,7-8H,5-6,9-12H2,1H3,(H,23,27). The predicted octanol–water partition coefficient (Wildman–Crippen LogP) is 4.51. The number of aryl methyl sites for hydroxylation is 2. The number of hydrogen-bond acceptors (Lipinski definition) is 6. The summed E-state index contributed by atoms with van der Waals surface area (Å²) in [5.74, 6) is 1.32. The fourth-order valence-corrected chi connectivity index (χ4v) is 5.70. The van der Waals surface area contributed by atoms with Crippen molar-refractivity contribution in [1.82, 2.24) is 14.8 Å². The number of nitriles is 1. The fourth-order valence-electron chi connectivity index (χ4n) is 3.51. The van der Waals surface area contributed by atoms with Gasteiger partial charge in [0.05, 0.1) is 5.56 Å². The van der Waals surface area contributed by atoms with Gasteiger partial charge in [0.25, 0.3) is 0 Å². The molecule has 1 aliphatic rings. The van der Waals surface area contributed by atoms with E-state index in [1.807, 2.05) is 41.8 Å². The third-order valence-corrected chi connectivity index (χ3v) is 7.04. The van der Waals surface area contributed by atoms with Crippen molar-refractivity contribution in [2.24, 2.45) is 0 Å². The number of thiophene rings is 1. The van der Waals surface area contributed by atoms with Crippen LogP contribution in [0.25, 0.3) is 5.69 Å². The normalized spacial score (nSPS) is 13.0. The fraction of sp³-hybridized carbons (Fsp3) is 0.333. The highest BCUT2D eigenvalue weighted by molar-refractivity contribution is 7.99. The lowest BCUT2D eigenvalue weighted by molar-refractivity contribution is -0.115. The molecule has 148 valence electrons. The van der Waals surface area contributed by atoms with Gasteiger partial charge in [-0.2, -0.15) is 5.26 Å². The van der Waals surface area contributed by atoms with Crippen LogP contribution in [0, 0.1) is 18.3 Å². The molecule has 1 N–H and O–H groups in total. The van der Waals surface area contributed by atoms with E-state index < -0.39 is 0 Å². The number of hydrogen-bond donors (Lipinski definition) is 1. The van der Waals surface area contributed by atoms with Crippen molar-refractivity contribution < 1.29 is 4.79 Å². The summed E-state index contributed by atoms with van der Waals surface area (Å²) in [7, 11) is 0. The van der Waals surface area contributed by atoms with Crippen molar-refractivity contribution in [3.8, 4) is 11.8 Å². The molecular weight excluding hydrogens is 402 g/mol. The molecule has 0 spiro atoms. The van der Waals surface area contributed by atoms with Crippen LogP contribution in [0.5, 0.6) is 0 Å². The topological polar surface area (TPSA) is 83.6 Å². The number of fused-ring (bicyclic) bond motifs is 1. The zero-order valence-electron chi connectivity index (χ0n) is 16.1. The average Bonchev–Trinajstić information content (AvgIpc) is 3.28. The maximum atomic E-state index is 12.5. The molecule has 1 aliphatic carbocycles. The van der Waals surface area contributed by atoms with Crippen LogP contribution in [0.2, 0.25) is 0 Å². The number of nitrogens with zero attached hydrogens (tertiary/aromatic N) is 4. The van der Waals surface area contributed by atoms with Crippen molar-refractivity contribution in [1.29, 1.82) is 5.26 Å². The van der Waals surface area contributed by atoms with Gasteiger partial charge in [0.1, 0.15) is 16.9 Å². The van der Waals surface area contributed by atoms with E-state index >= 15 is 0 Å². The highest BCUT2D eigenvalue weighted by Gasteiger charge is 2.21. The number of thioether (sulfide) groups is 1. The molecule has 29 heavy (non-hydrogen) atoms. The number of rotatable bonds is 6. The molecule has 8 heteroatoms. The van der Waals surface area contributed by atoms with Crippen molar-refractivity contribution in [3.63, 3.8) is 0 Å². The third-order valence-electron chi connectivity index (χ3n) is 4.91. The first-order valence-corrected chi connectivity index (χ1v) is 11.4. The van der Waals surface area contributed by atoms with Crippen LogP contribution in [0.3, 0.4) is 0 Å². The molecular formula is C21H21N5OS2. The molecule has 0 atom stereocenters. The number of carbonyl (C=O) groups excluding carboxylic acids is 1. The smallest absolute Gasteiger partial charge is 0.225 e. The quantitative estimate of drug-likeness (QED) is 0.590. The van der Waals surface area contributed by atoms with E-state index in [-0.39, 0.29) is 5.91 Å². The SMILES string of the molecule is Cc1nnc(SCCC(=O)Nc2sc3c(c2C#N)CCCC3)n1-c1ccccc1. The zero-order chi connectivity index (χ0) is 20.2. The third kappa shape index (κ3) is 4.21. The summed E-state index contributed by atoms with van der Waals surface area (Å²) in [6.45, 7) is 1.92. The Morgan fingerprint density at radius 3 is 2.86 bits per heavy atom. The van der Waals surface area contributed by atoms with Crippen LogP contribution in [0.1, 0.15) is 41.1 Å². The summed E-state index contributed by atoms with van der Waals surface area (Å²) in [5, 5.41) is 22.4. The largest absolute Gasteiger partial charge is 0.317 e. The minimum atomic E-state index is -0.0740.